The molecule has 134 valence electrons. The maximum absolute atomic E-state index is 11.9. The summed E-state index contributed by atoms with van der Waals surface area (Å²) in [6.07, 6.45) is 4.90. The van der Waals surface area contributed by atoms with Crippen LogP contribution in [0.5, 0.6) is 5.75 Å². The highest BCUT2D eigenvalue weighted by Gasteiger charge is 2.07. The molecular weight excluding hydrogens is 316 g/mol. The van der Waals surface area contributed by atoms with Crippen molar-refractivity contribution in [1.29, 1.82) is 0 Å². The molecule has 6 nitrogen and oxygen atoms in total. The van der Waals surface area contributed by atoms with Crippen LogP contribution in [0.3, 0.4) is 0 Å². The van der Waals surface area contributed by atoms with Crippen LogP contribution in [0.25, 0.3) is 0 Å². The molecular formula is C19H26N4O2. The average Bonchev–Trinajstić information content (AvgIpc) is 2.62. The lowest BCUT2D eigenvalue weighted by Crippen LogP contribution is -2.26. The largest absolute Gasteiger partial charge is 0.497 e. The highest BCUT2D eigenvalue weighted by Crippen LogP contribution is 2.12. The van der Waals surface area contributed by atoms with E-state index in [4.69, 9.17) is 4.74 Å². The minimum Gasteiger partial charge on any atom is -0.497 e. The minimum absolute atomic E-state index is 0.182. The van der Waals surface area contributed by atoms with Gasteiger partial charge in [-0.15, -0.1) is 0 Å². The molecule has 2 N–H and O–H groups in total. The number of ether oxygens (including phenoxy) is 1. The third-order valence-corrected chi connectivity index (χ3v) is 3.77. The van der Waals surface area contributed by atoms with Crippen LogP contribution in [-0.2, 0) is 6.42 Å². The van der Waals surface area contributed by atoms with Crippen LogP contribution in [0.4, 0.5) is 5.82 Å². The molecule has 0 saturated heterocycles. The van der Waals surface area contributed by atoms with E-state index < -0.39 is 0 Å². The summed E-state index contributed by atoms with van der Waals surface area (Å²) in [5.41, 5.74) is 1.55. The van der Waals surface area contributed by atoms with E-state index in [0.717, 1.165) is 25.1 Å². The Hall–Kier alpha value is -2.63. The van der Waals surface area contributed by atoms with Gasteiger partial charge < -0.3 is 15.4 Å². The van der Waals surface area contributed by atoms with E-state index in [2.05, 4.69) is 34.4 Å². The topological polar surface area (TPSA) is 76.1 Å². The predicted octanol–water partition coefficient (Wildman–Crippen LogP) is 2.92. The molecule has 1 aromatic carbocycles. The first kappa shape index (κ1) is 18.7. The first-order valence-corrected chi connectivity index (χ1v) is 8.55. The van der Waals surface area contributed by atoms with Crippen molar-refractivity contribution in [3.63, 3.8) is 0 Å². The molecule has 0 aliphatic rings. The molecule has 0 atom stereocenters. The molecule has 0 aliphatic heterocycles. The summed E-state index contributed by atoms with van der Waals surface area (Å²) in [5.74, 6) is 1.89. The van der Waals surface area contributed by atoms with Gasteiger partial charge in [-0.3, -0.25) is 4.79 Å². The normalized spacial score (nSPS) is 10.6. The van der Waals surface area contributed by atoms with Crippen LogP contribution in [0.15, 0.2) is 36.7 Å². The standard InChI is InChI=1S/C19H26N4O2/c1-14(2)8-10-21-19(24)17-12-23-18(13-22-17)20-11-9-15-4-6-16(25-3)7-5-15/h4-7,12-14H,8-11H2,1-3H3,(H,20,23)(H,21,24). The number of anilines is 1. The fourth-order valence-electron chi connectivity index (χ4n) is 2.23. The van der Waals surface area contributed by atoms with Crippen LogP contribution in [-0.4, -0.2) is 36.1 Å². The third kappa shape index (κ3) is 6.41. The summed E-state index contributed by atoms with van der Waals surface area (Å²) in [6.45, 7) is 5.64. The van der Waals surface area contributed by atoms with Crippen LogP contribution >= 0.6 is 0 Å². The van der Waals surface area contributed by atoms with Crippen LogP contribution in [0, 0.1) is 5.92 Å². The second kappa shape index (κ2) is 9.61. The Morgan fingerprint density at radius 1 is 1.12 bits per heavy atom. The van der Waals surface area contributed by atoms with Gasteiger partial charge in [0.2, 0.25) is 0 Å². The number of hydrogen-bond acceptors (Lipinski definition) is 5. The smallest absolute Gasteiger partial charge is 0.271 e. The van der Waals surface area contributed by atoms with Crippen LogP contribution in [0.1, 0.15) is 36.3 Å². The van der Waals surface area contributed by atoms with E-state index >= 15 is 0 Å². The van der Waals surface area contributed by atoms with Gasteiger partial charge in [0.15, 0.2) is 0 Å². The summed E-state index contributed by atoms with van der Waals surface area (Å²) >= 11 is 0. The second-order valence-corrected chi connectivity index (χ2v) is 6.25. The van der Waals surface area contributed by atoms with Crippen molar-refractivity contribution in [1.82, 2.24) is 15.3 Å². The Morgan fingerprint density at radius 3 is 2.48 bits per heavy atom. The number of aromatic nitrogens is 2. The number of hydrogen-bond donors (Lipinski definition) is 2. The molecule has 0 radical (unpaired) electrons. The first-order chi connectivity index (χ1) is 12.1. The van der Waals surface area contributed by atoms with Crippen LogP contribution < -0.4 is 15.4 Å². The fraction of sp³-hybridized carbons (Fsp3) is 0.421. The highest BCUT2D eigenvalue weighted by atomic mass is 16.5. The van der Waals surface area contributed by atoms with Crippen molar-refractivity contribution in [2.24, 2.45) is 5.92 Å². The molecule has 25 heavy (non-hydrogen) atoms. The zero-order chi connectivity index (χ0) is 18.1. The fourth-order valence-corrected chi connectivity index (χ4v) is 2.23. The number of carbonyl (C=O) groups is 1. The van der Waals surface area contributed by atoms with Gasteiger partial charge >= 0.3 is 0 Å². The lowest BCUT2D eigenvalue weighted by molar-refractivity contribution is 0.0946. The maximum Gasteiger partial charge on any atom is 0.271 e. The number of carbonyl (C=O) groups excluding carboxylic acids is 1. The Bertz CT molecular complexity index is 654. The Labute approximate surface area is 149 Å². The van der Waals surface area contributed by atoms with Gasteiger partial charge in [0.25, 0.3) is 5.91 Å². The molecule has 6 heteroatoms. The van der Waals surface area contributed by atoms with E-state index in [0.29, 0.717) is 24.0 Å². The molecule has 1 aromatic heterocycles. The zero-order valence-corrected chi connectivity index (χ0v) is 15.1. The third-order valence-electron chi connectivity index (χ3n) is 3.77. The Kier molecular flexibility index (Phi) is 7.19. The monoisotopic (exact) mass is 342 g/mol. The lowest BCUT2D eigenvalue weighted by Gasteiger charge is -2.08. The van der Waals surface area contributed by atoms with Gasteiger partial charge in [-0.2, -0.15) is 0 Å². The van der Waals surface area contributed by atoms with Crippen molar-refractivity contribution in [2.45, 2.75) is 26.7 Å². The van der Waals surface area contributed by atoms with Crippen molar-refractivity contribution in [3.8, 4) is 5.75 Å². The Morgan fingerprint density at radius 2 is 1.88 bits per heavy atom. The molecule has 0 spiro atoms. The molecule has 0 aliphatic carbocycles. The van der Waals surface area contributed by atoms with Gasteiger partial charge in [-0.1, -0.05) is 26.0 Å². The second-order valence-electron chi connectivity index (χ2n) is 6.25. The molecule has 0 unspecified atom stereocenters. The van der Waals surface area contributed by atoms with Gasteiger partial charge in [-0.25, -0.2) is 9.97 Å². The number of rotatable bonds is 9. The van der Waals surface area contributed by atoms with Crippen LogP contribution in [0.2, 0.25) is 0 Å². The lowest BCUT2D eigenvalue weighted by atomic mass is 10.1. The molecule has 1 amide bonds. The summed E-state index contributed by atoms with van der Waals surface area (Å²) in [5, 5.41) is 6.06. The first-order valence-electron chi connectivity index (χ1n) is 8.55. The average molecular weight is 342 g/mol. The molecule has 0 saturated carbocycles. The van der Waals surface area contributed by atoms with Gasteiger partial charge in [-0.05, 0) is 36.5 Å². The number of nitrogens with zero attached hydrogens (tertiary/aromatic N) is 2. The number of benzene rings is 1. The summed E-state index contributed by atoms with van der Waals surface area (Å²) in [7, 11) is 1.66. The van der Waals surface area contributed by atoms with Crippen molar-refractivity contribution >= 4 is 11.7 Å². The van der Waals surface area contributed by atoms with E-state index in [9.17, 15) is 4.79 Å². The van der Waals surface area contributed by atoms with E-state index in [1.54, 1.807) is 13.3 Å². The summed E-state index contributed by atoms with van der Waals surface area (Å²) in [4.78, 5) is 20.4. The molecule has 0 fully saturated rings. The highest BCUT2D eigenvalue weighted by molar-refractivity contribution is 5.91. The zero-order valence-electron chi connectivity index (χ0n) is 15.1. The quantitative estimate of drug-likeness (QED) is 0.733. The summed E-state index contributed by atoms with van der Waals surface area (Å²) < 4.78 is 5.14. The predicted molar refractivity (Wildman–Crippen MR) is 99.0 cm³/mol. The molecule has 2 aromatic rings. The van der Waals surface area contributed by atoms with Crippen molar-refractivity contribution in [2.75, 3.05) is 25.5 Å². The Balaban J connectivity index is 1.76. The summed E-state index contributed by atoms with van der Waals surface area (Å²) in [6, 6.07) is 7.97. The van der Waals surface area contributed by atoms with Gasteiger partial charge in [0.1, 0.15) is 17.3 Å². The SMILES string of the molecule is COc1ccc(CCNc2cnc(C(=O)NCCC(C)C)cn2)cc1. The van der Waals surface area contributed by atoms with Crippen molar-refractivity contribution in [3.05, 3.63) is 47.9 Å². The van der Waals surface area contributed by atoms with Gasteiger partial charge in [0.05, 0.1) is 19.5 Å². The van der Waals surface area contributed by atoms with Gasteiger partial charge in [0, 0.05) is 13.1 Å². The molecule has 1 heterocycles. The van der Waals surface area contributed by atoms with Crippen molar-refractivity contribution < 1.29 is 9.53 Å². The molecule has 2 rings (SSSR count). The minimum atomic E-state index is -0.182. The number of amides is 1. The van der Waals surface area contributed by atoms with E-state index in [-0.39, 0.29) is 5.91 Å². The van der Waals surface area contributed by atoms with E-state index in [1.165, 1.54) is 11.8 Å². The maximum atomic E-state index is 11.9. The number of methoxy groups -OCH3 is 1. The number of nitrogens with one attached hydrogen (secondary N) is 2. The van der Waals surface area contributed by atoms with E-state index in [1.807, 2.05) is 24.3 Å². The molecule has 0 bridgehead atoms.